The van der Waals surface area contributed by atoms with Crippen LogP contribution in [-0.4, -0.2) is 29.9 Å². The molecule has 0 radical (unpaired) electrons. The number of carbonyl (C=O) groups is 1. The number of rotatable bonds is 1. The normalized spacial score (nSPS) is 31.0. The molecule has 0 aromatic heterocycles. The van der Waals surface area contributed by atoms with Crippen molar-refractivity contribution in [1.82, 2.24) is 0 Å². The molecule has 1 aromatic rings. The highest BCUT2D eigenvalue weighted by Gasteiger charge is 2.62. The molecule has 4 heteroatoms. The Morgan fingerprint density at radius 3 is 2.85 bits per heavy atom. The summed E-state index contributed by atoms with van der Waals surface area (Å²) < 4.78 is 10.8. The number of ether oxygens (including phenoxy) is 2. The molecule has 108 valence electrons. The van der Waals surface area contributed by atoms with Crippen LogP contribution in [0.2, 0.25) is 0 Å². The Morgan fingerprint density at radius 2 is 2.15 bits per heavy atom. The summed E-state index contributed by atoms with van der Waals surface area (Å²) >= 11 is 0. The number of hydrogen-bond acceptors (Lipinski definition) is 4. The van der Waals surface area contributed by atoms with Crippen LogP contribution in [0.4, 0.5) is 0 Å². The van der Waals surface area contributed by atoms with Crippen molar-refractivity contribution in [2.75, 3.05) is 7.11 Å². The molecule has 1 fully saturated rings. The molecule has 2 bridgehead atoms. The summed E-state index contributed by atoms with van der Waals surface area (Å²) in [6.45, 7) is 3.82. The fraction of sp³-hybridized carbons (Fsp3) is 0.562. The van der Waals surface area contributed by atoms with Crippen molar-refractivity contribution >= 4 is 5.97 Å². The molecular weight excluding hydrogens is 256 g/mol. The number of benzene rings is 1. The van der Waals surface area contributed by atoms with Gasteiger partial charge in [0.1, 0.15) is 11.9 Å². The molecule has 1 heterocycles. The molecule has 0 spiro atoms. The fourth-order valence-corrected chi connectivity index (χ4v) is 3.43. The SMILES string of the molecule is COc1cccc2c1CC[C@H]1OC(=O)[C@@](O)(C2)C1(C)C. The number of hydrogen-bond donors (Lipinski definition) is 1. The first kappa shape index (κ1) is 13.4. The van der Waals surface area contributed by atoms with Gasteiger partial charge in [0.2, 0.25) is 0 Å². The van der Waals surface area contributed by atoms with Gasteiger partial charge in [-0.2, -0.15) is 0 Å². The van der Waals surface area contributed by atoms with Crippen molar-refractivity contribution in [3.05, 3.63) is 29.3 Å². The average Bonchev–Trinajstić information content (AvgIpc) is 2.60. The first-order valence-corrected chi connectivity index (χ1v) is 6.98. The molecule has 1 aliphatic carbocycles. The second-order valence-electron chi connectivity index (χ2n) is 6.29. The molecule has 0 unspecified atom stereocenters. The monoisotopic (exact) mass is 276 g/mol. The van der Waals surface area contributed by atoms with E-state index in [-0.39, 0.29) is 12.5 Å². The predicted molar refractivity (Wildman–Crippen MR) is 73.6 cm³/mol. The van der Waals surface area contributed by atoms with Gasteiger partial charge in [-0.25, -0.2) is 4.79 Å². The molecule has 2 aliphatic rings. The Morgan fingerprint density at radius 1 is 1.40 bits per heavy atom. The van der Waals surface area contributed by atoms with E-state index in [1.54, 1.807) is 7.11 Å². The molecular formula is C16H20O4. The quantitative estimate of drug-likeness (QED) is 0.796. The van der Waals surface area contributed by atoms with Crippen LogP contribution in [0.1, 0.15) is 31.4 Å². The fourth-order valence-electron chi connectivity index (χ4n) is 3.43. The third-order valence-electron chi connectivity index (χ3n) is 5.01. The first-order chi connectivity index (χ1) is 9.40. The van der Waals surface area contributed by atoms with E-state index in [9.17, 15) is 9.90 Å². The van der Waals surface area contributed by atoms with Gasteiger partial charge >= 0.3 is 5.97 Å². The zero-order valence-electron chi connectivity index (χ0n) is 12.1. The molecule has 1 saturated heterocycles. The summed E-state index contributed by atoms with van der Waals surface area (Å²) in [5.41, 5.74) is 0.00814. The van der Waals surface area contributed by atoms with Gasteiger partial charge in [0.25, 0.3) is 0 Å². The highest BCUT2D eigenvalue weighted by atomic mass is 16.6. The highest BCUT2D eigenvalue weighted by molar-refractivity contribution is 5.84. The maximum atomic E-state index is 12.2. The summed E-state index contributed by atoms with van der Waals surface area (Å²) in [6.07, 6.45) is 1.52. The Balaban J connectivity index is 2.13. The van der Waals surface area contributed by atoms with E-state index in [0.29, 0.717) is 6.42 Å². The van der Waals surface area contributed by atoms with Crippen molar-refractivity contribution in [3.63, 3.8) is 0 Å². The van der Waals surface area contributed by atoms with Crippen LogP contribution < -0.4 is 4.74 Å². The smallest absolute Gasteiger partial charge is 0.339 e. The van der Waals surface area contributed by atoms with Crippen molar-refractivity contribution in [1.29, 1.82) is 0 Å². The molecule has 1 N–H and O–H groups in total. The van der Waals surface area contributed by atoms with Crippen LogP contribution in [0.25, 0.3) is 0 Å². The van der Waals surface area contributed by atoms with Crippen LogP contribution >= 0.6 is 0 Å². The molecule has 4 nitrogen and oxygen atoms in total. The number of fused-ring (bicyclic) bond motifs is 3. The zero-order chi connectivity index (χ0) is 14.5. The minimum Gasteiger partial charge on any atom is -0.496 e. The average molecular weight is 276 g/mol. The van der Waals surface area contributed by atoms with Gasteiger partial charge in [0.15, 0.2) is 5.60 Å². The van der Waals surface area contributed by atoms with Crippen molar-refractivity contribution in [2.45, 2.75) is 44.8 Å². The summed E-state index contributed by atoms with van der Waals surface area (Å²) in [7, 11) is 1.64. The number of esters is 1. The van der Waals surface area contributed by atoms with E-state index in [0.717, 1.165) is 23.3 Å². The number of carbonyl (C=O) groups excluding carboxylic acids is 1. The lowest BCUT2D eigenvalue weighted by atomic mass is 9.67. The van der Waals surface area contributed by atoms with Crippen molar-refractivity contribution in [2.24, 2.45) is 5.41 Å². The summed E-state index contributed by atoms with van der Waals surface area (Å²) in [5, 5.41) is 10.9. The maximum absolute atomic E-state index is 12.2. The second kappa shape index (κ2) is 4.22. The van der Waals surface area contributed by atoms with Crippen LogP contribution in [0, 0.1) is 5.41 Å². The third-order valence-corrected chi connectivity index (χ3v) is 5.01. The Hall–Kier alpha value is -1.55. The zero-order valence-corrected chi connectivity index (χ0v) is 12.1. The van der Waals surface area contributed by atoms with Crippen LogP contribution in [0.15, 0.2) is 18.2 Å². The van der Waals surface area contributed by atoms with E-state index >= 15 is 0 Å². The van der Waals surface area contributed by atoms with Crippen molar-refractivity contribution in [3.8, 4) is 5.75 Å². The molecule has 2 atom stereocenters. The van der Waals surface area contributed by atoms with E-state index in [1.807, 2.05) is 32.0 Å². The Kier molecular flexibility index (Phi) is 2.83. The molecule has 0 saturated carbocycles. The minimum atomic E-state index is -1.46. The molecule has 0 amide bonds. The standard InChI is InChI=1S/C16H20O4/c1-15(2)13-8-7-11-10(5-4-6-12(11)19-3)9-16(15,18)14(17)20-13/h4-6,13,18H,7-9H2,1-3H3/t13-,16+/m1/s1. The van der Waals surface area contributed by atoms with Crippen molar-refractivity contribution < 1.29 is 19.4 Å². The van der Waals surface area contributed by atoms with Gasteiger partial charge in [-0.1, -0.05) is 26.0 Å². The number of methoxy groups -OCH3 is 1. The molecule has 20 heavy (non-hydrogen) atoms. The first-order valence-electron chi connectivity index (χ1n) is 6.98. The van der Waals surface area contributed by atoms with Crippen LogP contribution in [-0.2, 0) is 22.4 Å². The maximum Gasteiger partial charge on any atom is 0.339 e. The second-order valence-corrected chi connectivity index (χ2v) is 6.29. The Bertz CT molecular complexity index is 564. The summed E-state index contributed by atoms with van der Waals surface area (Å²) in [5.74, 6) is 0.320. The lowest BCUT2D eigenvalue weighted by molar-refractivity contribution is -0.156. The summed E-state index contributed by atoms with van der Waals surface area (Å²) in [4.78, 5) is 12.2. The van der Waals surface area contributed by atoms with Gasteiger partial charge in [-0.05, 0) is 30.0 Å². The largest absolute Gasteiger partial charge is 0.496 e. The van der Waals surface area contributed by atoms with E-state index in [4.69, 9.17) is 9.47 Å². The minimum absolute atomic E-state index is 0.252. The van der Waals surface area contributed by atoms with E-state index < -0.39 is 17.0 Å². The molecule has 1 aliphatic heterocycles. The predicted octanol–water partition coefficient (Wildman–Crippen LogP) is 1.87. The van der Waals surface area contributed by atoms with Gasteiger partial charge < -0.3 is 14.6 Å². The van der Waals surface area contributed by atoms with Gasteiger partial charge in [-0.3, -0.25) is 0 Å². The van der Waals surface area contributed by atoms with Gasteiger partial charge in [0.05, 0.1) is 7.11 Å². The lowest BCUT2D eigenvalue weighted by Crippen LogP contribution is -2.51. The molecule has 3 rings (SSSR count). The summed E-state index contributed by atoms with van der Waals surface area (Å²) in [6, 6.07) is 5.77. The van der Waals surface area contributed by atoms with Crippen LogP contribution in [0.5, 0.6) is 5.75 Å². The lowest BCUT2D eigenvalue weighted by Gasteiger charge is -2.37. The topological polar surface area (TPSA) is 55.8 Å². The van der Waals surface area contributed by atoms with Crippen LogP contribution in [0.3, 0.4) is 0 Å². The van der Waals surface area contributed by atoms with Gasteiger partial charge in [-0.15, -0.1) is 0 Å². The van der Waals surface area contributed by atoms with Gasteiger partial charge in [0, 0.05) is 11.8 Å². The Labute approximate surface area is 118 Å². The van der Waals surface area contributed by atoms with E-state index in [1.165, 1.54) is 0 Å². The highest BCUT2D eigenvalue weighted by Crippen LogP contribution is 2.49. The number of aliphatic hydroxyl groups is 1. The third kappa shape index (κ3) is 1.61. The van der Waals surface area contributed by atoms with E-state index in [2.05, 4.69) is 0 Å². The molecule has 1 aromatic carbocycles.